The molecule has 0 radical (unpaired) electrons. The van der Waals surface area contributed by atoms with Gasteiger partial charge in [-0.15, -0.1) is 0 Å². The van der Waals surface area contributed by atoms with Crippen molar-refractivity contribution in [3.05, 3.63) is 198 Å². The fourth-order valence-corrected chi connectivity index (χ4v) is 12.2. The van der Waals surface area contributed by atoms with Crippen molar-refractivity contribution in [2.75, 3.05) is 29.1 Å². The van der Waals surface area contributed by atoms with E-state index in [0.29, 0.717) is 16.9 Å². The van der Waals surface area contributed by atoms with E-state index in [0.717, 1.165) is 28.8 Å². The van der Waals surface area contributed by atoms with Gasteiger partial charge in [-0.25, -0.2) is 36.7 Å². The van der Waals surface area contributed by atoms with Crippen LogP contribution in [0.3, 0.4) is 0 Å². The van der Waals surface area contributed by atoms with Gasteiger partial charge in [-0.05, 0) is 175 Å². The highest BCUT2D eigenvalue weighted by molar-refractivity contribution is 7.48. The molecule has 4 aromatic carbocycles. The van der Waals surface area contributed by atoms with Gasteiger partial charge in [0.1, 0.15) is 44.6 Å². The second kappa shape index (κ2) is 33.0. The summed E-state index contributed by atoms with van der Waals surface area (Å²) in [5.41, 5.74) is 12.5. The van der Waals surface area contributed by atoms with Gasteiger partial charge in [-0.3, -0.25) is 55.5 Å². The Morgan fingerprint density at radius 1 is 0.566 bits per heavy atom. The number of carbonyl (C=O) groups is 2. The molecule has 0 aliphatic heterocycles. The molecule has 4 aromatic heterocycles. The average molecular weight is 1460 g/mol. The number of pyridine rings is 4. The van der Waals surface area contributed by atoms with Crippen molar-refractivity contribution in [3.63, 3.8) is 0 Å². The fraction of sp³-hybridized carbons (Fsp3) is 0.313. The first-order valence-corrected chi connectivity index (χ1v) is 33.6. The Morgan fingerprint density at radius 3 is 1.42 bits per heavy atom. The monoisotopic (exact) mass is 1460 g/mol. The zero-order chi connectivity index (χ0) is 73.8. The number of benzene rings is 4. The van der Waals surface area contributed by atoms with Crippen LogP contribution in [0, 0.1) is 30.2 Å². The number of halogens is 6. The molecule has 0 unspecified atom stereocenters. The lowest BCUT2D eigenvalue weighted by Crippen LogP contribution is -2.29. The van der Waals surface area contributed by atoms with Crippen LogP contribution < -0.4 is 52.6 Å². The van der Waals surface area contributed by atoms with E-state index in [1.165, 1.54) is 96.1 Å². The van der Waals surface area contributed by atoms with E-state index in [1.807, 2.05) is 0 Å². The third kappa shape index (κ3) is 23.2. The number of amides is 1. The van der Waals surface area contributed by atoms with Gasteiger partial charge < -0.3 is 41.5 Å². The molecule has 0 atom stereocenters. The number of ether oxygens (including phenoxy) is 4. The zero-order valence-corrected chi connectivity index (χ0v) is 59.8. The van der Waals surface area contributed by atoms with Gasteiger partial charge in [-0.2, -0.15) is 0 Å². The molecule has 4 heterocycles. The summed E-state index contributed by atoms with van der Waals surface area (Å²) < 4.78 is 141. The molecule has 0 fully saturated rings. The molecular formula is C67H76Cl2F4N8O16P2. The van der Waals surface area contributed by atoms with E-state index < -0.39 is 97.1 Å². The van der Waals surface area contributed by atoms with Crippen LogP contribution in [0.1, 0.15) is 117 Å². The standard InChI is InChI=1S/C34H38ClF2N4O8P.C22H29FNO7P.C11H9ClFN3O/c1-8-45-26-14-16-41(22-10-11-23(36)20(17-22)19-46-50(44,48-33(2,3)4)49-34(5,6)7)32(43)28(26)31(42)40-21-9-12-25(24(37)18-21)47-27-13-15-39-30(38)29(27)35;1-15-10-11-24(20(26)19(15)28-14-25)17-8-9-18(23)16(12-17)13-29-32(27,30-21(2,3)4)31-22(5,6)7;12-10-9(3-4-16-11(10)15)17-8-2-1-6(14)5-7(8)13/h9-18H,8,19H2,1-7H3,(H2,38,39)(H,40,42);8-12,14H,13H2,1-7H3;1-5H,14H2,(H2,15,16). The smallest absolute Gasteiger partial charge is 0.476 e. The Hall–Kier alpha value is -8.66. The van der Waals surface area contributed by atoms with Crippen molar-refractivity contribution < 1.29 is 82.4 Å². The largest absolute Gasteiger partial charge is 0.493 e. The second-order valence-electron chi connectivity index (χ2n) is 25.2. The lowest BCUT2D eigenvalue weighted by Gasteiger charge is -2.31. The minimum atomic E-state index is -4.19. The van der Waals surface area contributed by atoms with Gasteiger partial charge >= 0.3 is 15.6 Å². The fourth-order valence-electron chi connectivity index (χ4n) is 8.37. The number of nitrogens with two attached hydrogens (primary N) is 3. The summed E-state index contributed by atoms with van der Waals surface area (Å²) in [5, 5.41) is 2.64. The van der Waals surface area contributed by atoms with Crippen molar-refractivity contribution in [1.82, 2.24) is 19.1 Å². The summed E-state index contributed by atoms with van der Waals surface area (Å²) in [6.45, 7) is 22.8. The maximum Gasteiger partial charge on any atom is 0.476 e. The van der Waals surface area contributed by atoms with Crippen LogP contribution >= 0.6 is 38.8 Å². The van der Waals surface area contributed by atoms with Crippen molar-refractivity contribution >= 4 is 74.2 Å². The molecule has 99 heavy (non-hydrogen) atoms. The van der Waals surface area contributed by atoms with Gasteiger partial charge in [0.15, 0.2) is 40.4 Å². The maximum absolute atomic E-state index is 15.0. The number of rotatable bonds is 22. The molecule has 0 saturated heterocycles. The number of hydrogen-bond acceptors (Lipinski definition) is 21. The number of aryl methyl sites for hydroxylation is 1. The Labute approximate surface area is 578 Å². The third-order valence-electron chi connectivity index (χ3n) is 12.3. The normalized spacial score (nSPS) is 12.0. The number of nitrogens with one attached hydrogen (secondary N) is 1. The molecule has 532 valence electrons. The first-order valence-electron chi connectivity index (χ1n) is 29.9. The molecule has 0 bridgehead atoms. The number of phosphoric ester groups is 2. The minimum Gasteiger partial charge on any atom is -0.493 e. The molecule has 0 aliphatic rings. The topological polar surface area (TPSA) is 320 Å². The SMILES string of the molecule is CCOc1ccn(-c2ccc(F)c(COP(=O)(OC(C)(C)C)OC(C)(C)C)c2)c(=O)c1C(=O)Nc1ccc(Oc2ccnc(N)c2Cl)c(F)c1.Cc1ccn(-c2ccc(F)c(COP(=O)(OC(C)(C)C)OC(C)(C)C)c2)c(=O)c1OC=O.Nc1ccc(Oc2ccnc(N)c2Cl)c(F)c1. The lowest BCUT2D eigenvalue weighted by atomic mass is 10.1. The molecule has 24 nitrogen and oxygen atoms in total. The van der Waals surface area contributed by atoms with Gasteiger partial charge in [0.2, 0.25) is 0 Å². The quantitative estimate of drug-likeness (QED) is 0.0212. The van der Waals surface area contributed by atoms with E-state index in [1.54, 1.807) is 103 Å². The lowest BCUT2D eigenvalue weighted by molar-refractivity contribution is -0.120. The second-order valence-corrected chi connectivity index (χ2v) is 29.0. The highest BCUT2D eigenvalue weighted by Gasteiger charge is 2.39. The van der Waals surface area contributed by atoms with Crippen LogP contribution in [0.25, 0.3) is 11.4 Å². The zero-order valence-electron chi connectivity index (χ0n) is 56.5. The van der Waals surface area contributed by atoms with E-state index in [-0.39, 0.29) is 91.8 Å². The van der Waals surface area contributed by atoms with Crippen LogP contribution in [0.5, 0.6) is 34.5 Å². The molecule has 7 N–H and O–H groups in total. The van der Waals surface area contributed by atoms with Crippen molar-refractivity contribution in [2.45, 2.75) is 133 Å². The number of aromatic nitrogens is 4. The van der Waals surface area contributed by atoms with Crippen molar-refractivity contribution in [1.29, 1.82) is 0 Å². The highest BCUT2D eigenvalue weighted by atomic mass is 35.5. The number of nitrogen functional groups attached to an aromatic ring is 3. The number of anilines is 4. The summed E-state index contributed by atoms with van der Waals surface area (Å²) in [5.74, 6) is -3.60. The number of hydrogen-bond donors (Lipinski definition) is 4. The first-order chi connectivity index (χ1) is 46.0. The summed E-state index contributed by atoms with van der Waals surface area (Å²) in [4.78, 5) is 58.3. The highest BCUT2D eigenvalue weighted by Crippen LogP contribution is 2.57. The van der Waals surface area contributed by atoms with E-state index in [2.05, 4.69) is 15.3 Å². The van der Waals surface area contributed by atoms with Gasteiger partial charge in [-0.1, -0.05) is 23.2 Å². The minimum absolute atomic E-state index is 0.000474. The molecule has 0 spiro atoms. The predicted octanol–water partition coefficient (Wildman–Crippen LogP) is 16.4. The molecule has 8 aromatic rings. The predicted molar refractivity (Wildman–Crippen MR) is 367 cm³/mol. The summed E-state index contributed by atoms with van der Waals surface area (Å²) in [6.07, 6.45) is 5.59. The molecule has 0 aliphatic carbocycles. The number of carbonyl (C=O) groups excluding carboxylic acids is 2. The molecule has 0 saturated carbocycles. The van der Waals surface area contributed by atoms with E-state index >= 15 is 4.39 Å². The van der Waals surface area contributed by atoms with Gasteiger partial charge in [0.25, 0.3) is 23.5 Å². The Morgan fingerprint density at radius 2 is 1.00 bits per heavy atom. The van der Waals surface area contributed by atoms with Crippen molar-refractivity contribution in [2.24, 2.45) is 0 Å². The third-order valence-corrected chi connectivity index (χ3v) is 17.0. The summed E-state index contributed by atoms with van der Waals surface area (Å²) in [6, 6.07) is 21.2. The first kappa shape index (κ1) is 79.3. The van der Waals surface area contributed by atoms with Gasteiger partial charge in [0, 0.05) is 82.9 Å². The maximum atomic E-state index is 15.0. The van der Waals surface area contributed by atoms with Crippen molar-refractivity contribution in [3.8, 4) is 45.9 Å². The molecule has 1 amide bonds. The molecule has 8 rings (SSSR count). The summed E-state index contributed by atoms with van der Waals surface area (Å²) >= 11 is 12.0. The Balaban J connectivity index is 0.000000266. The Bertz CT molecular complexity index is 4430. The van der Waals surface area contributed by atoms with E-state index in [9.17, 15) is 41.5 Å². The van der Waals surface area contributed by atoms with Crippen LogP contribution in [0.2, 0.25) is 10.0 Å². The van der Waals surface area contributed by atoms with Crippen LogP contribution in [0.15, 0.2) is 131 Å². The molecular weight excluding hydrogens is 1380 g/mol. The van der Waals surface area contributed by atoms with Crippen LogP contribution in [-0.4, -0.2) is 60.5 Å². The number of phosphoric acid groups is 2. The molecule has 32 heteroatoms. The Kier molecular flexibility index (Phi) is 26.4. The van der Waals surface area contributed by atoms with E-state index in [4.69, 9.17) is 86.5 Å². The number of nitrogens with zero attached hydrogens (tertiary/aromatic N) is 4. The van der Waals surface area contributed by atoms with Crippen LogP contribution in [0.4, 0.5) is 40.6 Å². The average Bonchev–Trinajstić information content (AvgIpc) is 0.797. The van der Waals surface area contributed by atoms with Gasteiger partial charge in [0.05, 0.1) is 42.2 Å². The van der Waals surface area contributed by atoms with Crippen LogP contribution in [-0.2, 0) is 54.3 Å². The summed E-state index contributed by atoms with van der Waals surface area (Å²) in [7, 11) is -8.26.